The van der Waals surface area contributed by atoms with Crippen molar-refractivity contribution in [1.82, 2.24) is 9.97 Å². The Morgan fingerprint density at radius 1 is 1.24 bits per heavy atom. The van der Waals surface area contributed by atoms with E-state index in [2.05, 4.69) is 20.6 Å². The minimum Gasteiger partial charge on any atom is -0.461 e. The van der Waals surface area contributed by atoms with Crippen molar-refractivity contribution in [3.05, 3.63) is 41.2 Å². The first kappa shape index (κ1) is 29.8. The number of nitrogens with zero attached hydrogens (tertiary/aromatic N) is 3. The quantitative estimate of drug-likeness (QED) is 0.422. The molecule has 0 unspecified atom stereocenters. The van der Waals surface area contributed by atoms with Crippen molar-refractivity contribution in [2.75, 3.05) is 23.4 Å². The summed E-state index contributed by atoms with van der Waals surface area (Å²) in [6.45, 7) is 7.62. The highest BCUT2D eigenvalue weighted by atomic mass is 32.2. The fourth-order valence-electron chi connectivity index (χ4n) is 3.34. The molecule has 1 atom stereocenters. The van der Waals surface area contributed by atoms with E-state index in [4.69, 9.17) is 4.74 Å². The molecule has 0 fully saturated rings. The van der Waals surface area contributed by atoms with Crippen molar-refractivity contribution in [3.8, 4) is 6.07 Å². The fourth-order valence-corrected chi connectivity index (χ4v) is 4.28. The largest absolute Gasteiger partial charge is 0.461 e. The summed E-state index contributed by atoms with van der Waals surface area (Å²) in [6.07, 6.45) is -2.74. The van der Waals surface area contributed by atoms with Gasteiger partial charge in [-0.25, -0.2) is 18.4 Å². The zero-order valence-electron chi connectivity index (χ0n) is 21.4. The van der Waals surface area contributed by atoms with Crippen LogP contribution in [0.3, 0.4) is 0 Å². The van der Waals surface area contributed by atoms with Crippen LogP contribution in [-0.4, -0.2) is 43.2 Å². The number of nitrogens with one attached hydrogen (secondary N) is 2. The molecule has 202 valence electrons. The van der Waals surface area contributed by atoms with Gasteiger partial charge in [0, 0.05) is 48.8 Å². The van der Waals surface area contributed by atoms with Crippen LogP contribution < -0.4 is 10.6 Å². The third kappa shape index (κ3) is 8.04. The number of alkyl halides is 3. The SMILES string of the molecule is CC(=O)OCc1ccc(NC[C@H](Nc2ncc(C(C)(C)C#N)c(C(F)(F)F)n2)C(C)C)cc1S(C)(=O)=O. The summed E-state index contributed by atoms with van der Waals surface area (Å²) in [5.74, 6) is -0.884. The molecule has 0 saturated carbocycles. The lowest BCUT2D eigenvalue weighted by atomic mass is 9.86. The van der Waals surface area contributed by atoms with Crippen LogP contribution in [0.25, 0.3) is 0 Å². The smallest absolute Gasteiger partial charge is 0.433 e. The summed E-state index contributed by atoms with van der Waals surface area (Å²) < 4.78 is 70.6. The molecule has 1 heterocycles. The molecule has 0 bridgehead atoms. The molecular formula is C24H30F3N5O4S. The van der Waals surface area contributed by atoms with Crippen molar-refractivity contribution in [2.45, 2.75) is 63.8 Å². The number of carbonyl (C=O) groups excluding carboxylic acids is 1. The Morgan fingerprint density at radius 3 is 2.41 bits per heavy atom. The highest BCUT2D eigenvalue weighted by Gasteiger charge is 2.40. The average Bonchev–Trinajstić information content (AvgIpc) is 2.79. The van der Waals surface area contributed by atoms with Gasteiger partial charge in [-0.3, -0.25) is 4.79 Å². The molecule has 0 aliphatic heterocycles. The van der Waals surface area contributed by atoms with Gasteiger partial charge in [-0.1, -0.05) is 19.9 Å². The topological polar surface area (TPSA) is 134 Å². The van der Waals surface area contributed by atoms with E-state index < -0.39 is 39.1 Å². The number of nitriles is 1. The van der Waals surface area contributed by atoms with Gasteiger partial charge in [-0.2, -0.15) is 18.4 Å². The van der Waals surface area contributed by atoms with E-state index in [-0.39, 0.29) is 35.5 Å². The van der Waals surface area contributed by atoms with Crippen molar-refractivity contribution in [3.63, 3.8) is 0 Å². The molecule has 9 nitrogen and oxygen atoms in total. The highest BCUT2D eigenvalue weighted by molar-refractivity contribution is 7.90. The number of benzene rings is 1. The maximum Gasteiger partial charge on any atom is 0.433 e. The fraction of sp³-hybridized carbons (Fsp3) is 0.500. The van der Waals surface area contributed by atoms with Crippen LogP contribution in [0.4, 0.5) is 24.8 Å². The minimum atomic E-state index is -4.79. The number of hydrogen-bond donors (Lipinski definition) is 2. The molecule has 0 aliphatic carbocycles. The molecule has 0 saturated heterocycles. The third-order valence-electron chi connectivity index (χ3n) is 5.55. The Bertz CT molecular complexity index is 1290. The maximum absolute atomic E-state index is 13.7. The maximum atomic E-state index is 13.7. The number of sulfone groups is 1. The van der Waals surface area contributed by atoms with Crippen LogP contribution >= 0.6 is 0 Å². The van der Waals surface area contributed by atoms with Gasteiger partial charge in [0.25, 0.3) is 0 Å². The second-order valence-electron chi connectivity index (χ2n) is 9.44. The first-order valence-electron chi connectivity index (χ1n) is 11.3. The van der Waals surface area contributed by atoms with Gasteiger partial charge in [0.15, 0.2) is 15.5 Å². The van der Waals surface area contributed by atoms with Gasteiger partial charge in [-0.05, 0) is 31.9 Å². The highest BCUT2D eigenvalue weighted by Crippen LogP contribution is 2.36. The number of ether oxygens (including phenoxy) is 1. The van der Waals surface area contributed by atoms with Crippen molar-refractivity contribution >= 4 is 27.4 Å². The summed E-state index contributed by atoms with van der Waals surface area (Å²) in [7, 11) is -3.64. The zero-order valence-corrected chi connectivity index (χ0v) is 22.2. The first-order valence-corrected chi connectivity index (χ1v) is 13.2. The van der Waals surface area contributed by atoms with Gasteiger partial charge in [0.1, 0.15) is 6.61 Å². The van der Waals surface area contributed by atoms with Gasteiger partial charge < -0.3 is 15.4 Å². The molecule has 2 aromatic rings. The molecule has 0 aliphatic rings. The lowest BCUT2D eigenvalue weighted by molar-refractivity contribution is -0.143. The van der Waals surface area contributed by atoms with E-state index in [1.807, 2.05) is 19.9 Å². The van der Waals surface area contributed by atoms with Crippen LogP contribution in [0.5, 0.6) is 0 Å². The van der Waals surface area contributed by atoms with E-state index in [0.717, 1.165) is 12.5 Å². The second kappa shape index (κ2) is 11.3. The predicted molar refractivity (Wildman–Crippen MR) is 131 cm³/mol. The Kier molecular flexibility index (Phi) is 9.13. The summed E-state index contributed by atoms with van der Waals surface area (Å²) >= 11 is 0. The first-order chi connectivity index (χ1) is 17.0. The van der Waals surface area contributed by atoms with Crippen LogP contribution in [-0.2, 0) is 37.6 Å². The van der Waals surface area contributed by atoms with Gasteiger partial charge in [0.2, 0.25) is 5.95 Å². The van der Waals surface area contributed by atoms with Gasteiger partial charge >= 0.3 is 12.1 Å². The van der Waals surface area contributed by atoms with Crippen LogP contribution in [0.1, 0.15) is 51.4 Å². The van der Waals surface area contributed by atoms with Gasteiger partial charge in [0.05, 0.1) is 16.4 Å². The van der Waals surface area contributed by atoms with Gasteiger partial charge in [-0.15, -0.1) is 0 Å². The molecule has 0 radical (unpaired) electrons. The normalized spacial score (nSPS) is 13.1. The third-order valence-corrected chi connectivity index (χ3v) is 6.73. The second-order valence-corrected chi connectivity index (χ2v) is 11.4. The molecule has 1 aromatic heterocycles. The Hall–Kier alpha value is -3.40. The van der Waals surface area contributed by atoms with Crippen LogP contribution in [0.15, 0.2) is 29.3 Å². The van der Waals surface area contributed by atoms with E-state index in [9.17, 15) is 31.6 Å². The molecule has 2 rings (SSSR count). The summed E-state index contributed by atoms with van der Waals surface area (Å²) in [5.41, 5.74) is -2.19. The van der Waals surface area contributed by atoms with Crippen molar-refractivity contribution in [2.24, 2.45) is 5.92 Å². The Morgan fingerprint density at radius 2 is 1.89 bits per heavy atom. The number of hydrogen-bond acceptors (Lipinski definition) is 9. The monoisotopic (exact) mass is 541 g/mol. The van der Waals surface area contributed by atoms with Crippen molar-refractivity contribution in [1.29, 1.82) is 5.26 Å². The molecule has 1 aromatic carbocycles. The Balaban J connectivity index is 2.30. The number of anilines is 2. The number of carbonyl (C=O) groups is 1. The molecule has 2 N–H and O–H groups in total. The molecule has 0 amide bonds. The number of aromatic nitrogens is 2. The average molecular weight is 542 g/mol. The zero-order chi connectivity index (χ0) is 28.2. The summed E-state index contributed by atoms with van der Waals surface area (Å²) in [6, 6.07) is 5.94. The van der Waals surface area contributed by atoms with E-state index in [0.29, 0.717) is 11.3 Å². The van der Waals surface area contributed by atoms with E-state index >= 15 is 0 Å². The number of rotatable bonds is 10. The van der Waals surface area contributed by atoms with E-state index in [1.165, 1.54) is 32.9 Å². The van der Waals surface area contributed by atoms with E-state index in [1.54, 1.807) is 6.07 Å². The molecule has 37 heavy (non-hydrogen) atoms. The molecular weight excluding hydrogens is 511 g/mol. The molecule has 0 spiro atoms. The number of esters is 1. The van der Waals surface area contributed by atoms with Crippen molar-refractivity contribution < 1.29 is 31.1 Å². The molecule has 13 heteroatoms. The lowest BCUT2D eigenvalue weighted by Gasteiger charge is -2.25. The summed E-state index contributed by atoms with van der Waals surface area (Å²) in [4.78, 5) is 18.8. The lowest BCUT2D eigenvalue weighted by Crippen LogP contribution is -2.34. The Labute approximate surface area is 214 Å². The predicted octanol–water partition coefficient (Wildman–Crippen LogP) is 4.31. The number of halogens is 3. The minimum absolute atomic E-state index is 0.0124. The standard InChI is InChI=1S/C24H30F3N5O4S/c1-14(2)19(31-22-30-10-18(23(4,5)13-28)21(32-22)24(25,26)27)11-29-17-8-7-16(12-36-15(3)33)20(9-17)37(6,34)35/h7-10,14,19,29H,11-12H2,1-6H3,(H,30,31,32)/t19-/m0/s1. The van der Waals surface area contributed by atoms with Crippen LogP contribution in [0.2, 0.25) is 0 Å². The van der Waals surface area contributed by atoms with Crippen LogP contribution in [0, 0.1) is 17.2 Å². The summed E-state index contributed by atoms with van der Waals surface area (Å²) in [5, 5.41) is 15.3.